The molecule has 0 bridgehead atoms. The van der Waals surface area contributed by atoms with E-state index in [4.69, 9.17) is 0 Å². The van der Waals surface area contributed by atoms with Gasteiger partial charge in [-0.2, -0.15) is 5.10 Å². The van der Waals surface area contributed by atoms with Gasteiger partial charge in [-0.15, -0.1) is 35.9 Å². The third-order valence-electron chi connectivity index (χ3n) is 2.71. The summed E-state index contributed by atoms with van der Waals surface area (Å²) in [4.78, 5) is 0. The van der Waals surface area contributed by atoms with Crippen LogP contribution in [0.1, 0.15) is 5.56 Å². The SMILES string of the molecule is [CH3-].[CH3-].[Zr+3].[c-]1ccccc1-c1cn(Cc2ccccc2)nn1. The van der Waals surface area contributed by atoms with Crippen molar-refractivity contribution in [2.45, 2.75) is 6.54 Å². The van der Waals surface area contributed by atoms with Crippen molar-refractivity contribution in [3.8, 4) is 11.3 Å². The maximum absolute atomic E-state index is 4.16. The first kappa shape index (κ1) is 19.5. The number of hydrogen-bond donors (Lipinski definition) is 0. The average molecular weight is 356 g/mol. The molecule has 3 nitrogen and oxygen atoms in total. The topological polar surface area (TPSA) is 30.7 Å². The molecule has 1 heterocycles. The molecule has 0 fully saturated rings. The van der Waals surface area contributed by atoms with Gasteiger partial charge in [0.25, 0.3) is 0 Å². The predicted octanol–water partition coefficient (Wildman–Crippen LogP) is 3.69. The van der Waals surface area contributed by atoms with Gasteiger partial charge in [0.15, 0.2) is 0 Å². The molecule has 0 unspecified atom stereocenters. The first-order chi connectivity index (χ1) is 8.92. The Bertz CT molecular complexity index is 621. The molecule has 0 amide bonds. The molecule has 21 heavy (non-hydrogen) atoms. The number of benzene rings is 2. The molecule has 3 aromatic rings. The average Bonchev–Trinajstić information content (AvgIpc) is 2.89. The minimum atomic E-state index is 0. The zero-order chi connectivity index (χ0) is 12.2. The van der Waals surface area contributed by atoms with E-state index in [1.54, 1.807) is 0 Å². The molecule has 0 aliphatic heterocycles. The van der Waals surface area contributed by atoms with Crippen molar-refractivity contribution >= 4 is 0 Å². The summed E-state index contributed by atoms with van der Waals surface area (Å²) < 4.78 is 1.84. The molecule has 0 atom stereocenters. The van der Waals surface area contributed by atoms with E-state index in [1.807, 2.05) is 53.3 Å². The van der Waals surface area contributed by atoms with E-state index in [-0.39, 0.29) is 41.1 Å². The van der Waals surface area contributed by atoms with Gasteiger partial charge in [-0.05, 0) is 5.56 Å². The van der Waals surface area contributed by atoms with Crippen LogP contribution in [0.25, 0.3) is 11.3 Å². The Labute approximate surface area is 146 Å². The van der Waals surface area contributed by atoms with Crippen LogP contribution in [0.5, 0.6) is 0 Å². The molecular weight excluding hydrogens is 337 g/mol. The van der Waals surface area contributed by atoms with Crippen molar-refractivity contribution in [3.05, 3.63) is 87.3 Å². The fourth-order valence-electron chi connectivity index (χ4n) is 1.82. The Morgan fingerprint density at radius 2 is 1.67 bits per heavy atom. The van der Waals surface area contributed by atoms with Crippen molar-refractivity contribution in [1.29, 1.82) is 0 Å². The zero-order valence-corrected chi connectivity index (χ0v) is 14.8. The van der Waals surface area contributed by atoms with Gasteiger partial charge in [0.1, 0.15) is 0 Å². The summed E-state index contributed by atoms with van der Waals surface area (Å²) in [5, 5.41) is 8.30. The Kier molecular flexibility index (Phi) is 8.72. The van der Waals surface area contributed by atoms with Crippen molar-refractivity contribution in [1.82, 2.24) is 15.0 Å². The first-order valence-corrected chi connectivity index (χ1v) is 5.83. The van der Waals surface area contributed by atoms with Crippen molar-refractivity contribution in [3.63, 3.8) is 0 Å². The Morgan fingerprint density at radius 1 is 0.952 bits per heavy atom. The molecule has 4 heteroatoms. The number of aromatic nitrogens is 3. The monoisotopic (exact) mass is 354 g/mol. The molecule has 0 aliphatic carbocycles. The summed E-state index contributed by atoms with van der Waals surface area (Å²) in [6, 6.07) is 21.1. The van der Waals surface area contributed by atoms with E-state index in [0.717, 1.165) is 17.8 Å². The fourth-order valence-corrected chi connectivity index (χ4v) is 1.82. The summed E-state index contributed by atoms with van der Waals surface area (Å²) in [7, 11) is 0. The standard InChI is InChI=1S/C15H12N3.2CH3.Zr/c1-3-7-13(8-4-1)11-18-12-15(16-17-18)14-9-5-2-6-10-14;;;/h1-9,12H,11H2;2*1H3;/q3*-1;+3. The van der Waals surface area contributed by atoms with Crippen LogP contribution in [-0.2, 0) is 32.7 Å². The molecule has 0 aliphatic rings. The maximum atomic E-state index is 4.16. The molecule has 3 rings (SSSR count). The van der Waals surface area contributed by atoms with Gasteiger partial charge in [0, 0.05) is 11.9 Å². The van der Waals surface area contributed by atoms with Gasteiger partial charge in [-0.25, -0.2) is 0 Å². The van der Waals surface area contributed by atoms with Crippen LogP contribution in [0.4, 0.5) is 0 Å². The summed E-state index contributed by atoms with van der Waals surface area (Å²) in [6.45, 7) is 0.737. The largest absolute Gasteiger partial charge is 3.00 e. The smallest absolute Gasteiger partial charge is 0.358 e. The predicted molar refractivity (Wildman–Crippen MR) is 82.7 cm³/mol. The van der Waals surface area contributed by atoms with Crippen LogP contribution in [0.15, 0.2) is 60.8 Å². The number of hydrogen-bond acceptors (Lipinski definition) is 2. The second kappa shape index (κ2) is 9.41. The number of rotatable bonds is 3. The summed E-state index contributed by atoms with van der Waals surface area (Å²) in [6.07, 6.45) is 1.94. The van der Waals surface area contributed by atoms with Crippen LogP contribution < -0.4 is 0 Å². The molecule has 105 valence electrons. The second-order valence-electron chi connectivity index (χ2n) is 4.06. The zero-order valence-electron chi connectivity index (χ0n) is 12.3. The fraction of sp³-hybridized carbons (Fsp3) is 0.0588. The van der Waals surface area contributed by atoms with E-state index in [2.05, 4.69) is 28.5 Å². The summed E-state index contributed by atoms with van der Waals surface area (Å²) in [5.74, 6) is 0. The first-order valence-electron chi connectivity index (χ1n) is 5.83. The van der Waals surface area contributed by atoms with Crippen LogP contribution >= 0.6 is 0 Å². The summed E-state index contributed by atoms with van der Waals surface area (Å²) >= 11 is 0. The quantitative estimate of drug-likeness (QED) is 0.671. The molecule has 0 saturated heterocycles. The van der Waals surface area contributed by atoms with E-state index in [1.165, 1.54) is 5.56 Å². The third-order valence-corrected chi connectivity index (χ3v) is 2.71. The van der Waals surface area contributed by atoms with E-state index in [0.29, 0.717) is 0 Å². The molecule has 1 aromatic heterocycles. The van der Waals surface area contributed by atoms with Crippen molar-refractivity contribution in [2.24, 2.45) is 0 Å². The minimum absolute atomic E-state index is 0. The van der Waals surface area contributed by atoms with Crippen molar-refractivity contribution in [2.75, 3.05) is 0 Å². The van der Waals surface area contributed by atoms with Crippen LogP contribution in [0.2, 0.25) is 0 Å². The molecule has 1 radical (unpaired) electrons. The van der Waals surface area contributed by atoms with Crippen molar-refractivity contribution < 1.29 is 26.2 Å². The third kappa shape index (κ3) is 5.06. The van der Waals surface area contributed by atoms with Gasteiger partial charge in [-0.1, -0.05) is 35.5 Å². The van der Waals surface area contributed by atoms with Gasteiger partial charge in [0.05, 0.1) is 6.54 Å². The van der Waals surface area contributed by atoms with Gasteiger partial charge in [-0.3, -0.25) is 4.68 Å². The van der Waals surface area contributed by atoms with E-state index < -0.39 is 0 Å². The maximum Gasteiger partial charge on any atom is 3.00 e. The normalized spacial score (nSPS) is 8.95. The second-order valence-corrected chi connectivity index (χ2v) is 4.06. The van der Waals surface area contributed by atoms with Crippen LogP contribution in [0, 0.1) is 20.9 Å². The summed E-state index contributed by atoms with van der Waals surface area (Å²) in [5.41, 5.74) is 3.04. The Balaban J connectivity index is 0.00000133. The minimum Gasteiger partial charge on any atom is -0.358 e. The molecule has 0 N–H and O–H groups in total. The van der Waals surface area contributed by atoms with E-state index >= 15 is 0 Å². The molecule has 0 saturated carbocycles. The molecule has 2 aromatic carbocycles. The van der Waals surface area contributed by atoms with E-state index in [9.17, 15) is 0 Å². The number of nitrogens with zero attached hydrogens (tertiary/aromatic N) is 3. The van der Waals surface area contributed by atoms with Crippen LogP contribution in [0.3, 0.4) is 0 Å². The Hall–Kier alpha value is -1.54. The van der Waals surface area contributed by atoms with Gasteiger partial charge in [0.2, 0.25) is 0 Å². The van der Waals surface area contributed by atoms with Gasteiger partial charge < -0.3 is 14.9 Å². The van der Waals surface area contributed by atoms with Crippen LogP contribution in [-0.4, -0.2) is 15.0 Å². The molecule has 0 spiro atoms. The van der Waals surface area contributed by atoms with Gasteiger partial charge >= 0.3 is 26.2 Å². The molecular formula is C17H18N3Zr. The Morgan fingerprint density at radius 3 is 2.33 bits per heavy atom.